The van der Waals surface area contributed by atoms with E-state index in [1.807, 2.05) is 35.2 Å². The number of hydrogen-bond acceptors (Lipinski definition) is 4. The molecule has 30 heavy (non-hydrogen) atoms. The zero-order valence-electron chi connectivity index (χ0n) is 16.8. The number of aromatic nitrogens is 1. The van der Waals surface area contributed by atoms with Crippen molar-refractivity contribution < 1.29 is 4.79 Å². The SMILES string of the molecule is Cc1ccc(Cl)c2sc(N3CCN(C(=O)Cc4cccc5ccccc45)CC3)nc12. The van der Waals surface area contributed by atoms with Gasteiger partial charge in [-0.3, -0.25) is 4.79 Å². The first-order chi connectivity index (χ1) is 14.6. The lowest BCUT2D eigenvalue weighted by Crippen LogP contribution is -2.49. The Kier molecular flexibility index (Phi) is 5.09. The average Bonchev–Trinajstić information content (AvgIpc) is 3.24. The number of aryl methyl sites for hydroxylation is 1. The fourth-order valence-corrected chi connectivity index (χ4v) is 5.46. The number of nitrogens with zero attached hydrogens (tertiary/aromatic N) is 3. The summed E-state index contributed by atoms with van der Waals surface area (Å²) in [6.45, 7) is 5.07. The predicted molar refractivity (Wildman–Crippen MR) is 126 cm³/mol. The first-order valence-electron chi connectivity index (χ1n) is 10.1. The Bertz CT molecular complexity index is 1200. The summed E-state index contributed by atoms with van der Waals surface area (Å²) >= 11 is 8.00. The standard InChI is InChI=1S/C24H22ClN3OS/c1-16-9-10-20(25)23-22(16)26-24(30-23)28-13-11-27(12-14-28)21(29)15-18-7-4-6-17-5-2-3-8-19(17)18/h2-10H,11-15H2,1H3. The Morgan fingerprint density at radius 1 is 1.03 bits per heavy atom. The van der Waals surface area contributed by atoms with Gasteiger partial charge in [0.05, 0.1) is 21.7 Å². The summed E-state index contributed by atoms with van der Waals surface area (Å²) in [5, 5.41) is 4.08. The Labute approximate surface area is 184 Å². The Balaban J connectivity index is 1.28. The molecule has 0 atom stereocenters. The smallest absolute Gasteiger partial charge is 0.227 e. The first-order valence-corrected chi connectivity index (χ1v) is 11.3. The molecule has 0 bridgehead atoms. The second-order valence-electron chi connectivity index (χ2n) is 7.72. The largest absolute Gasteiger partial charge is 0.345 e. The molecule has 4 nitrogen and oxygen atoms in total. The monoisotopic (exact) mass is 435 g/mol. The van der Waals surface area contributed by atoms with Crippen LogP contribution in [0.25, 0.3) is 21.0 Å². The number of amides is 1. The highest BCUT2D eigenvalue weighted by Gasteiger charge is 2.24. The van der Waals surface area contributed by atoms with Gasteiger partial charge in [0, 0.05) is 26.2 Å². The lowest BCUT2D eigenvalue weighted by Gasteiger charge is -2.34. The molecule has 6 heteroatoms. The van der Waals surface area contributed by atoms with Gasteiger partial charge in [-0.25, -0.2) is 4.98 Å². The minimum absolute atomic E-state index is 0.189. The van der Waals surface area contributed by atoms with Crippen LogP contribution in [0.1, 0.15) is 11.1 Å². The van der Waals surface area contributed by atoms with Crippen molar-refractivity contribution in [3.8, 4) is 0 Å². The van der Waals surface area contributed by atoms with Crippen LogP contribution in [0.15, 0.2) is 54.6 Å². The number of halogens is 1. The quantitative estimate of drug-likeness (QED) is 0.438. The third-order valence-corrected chi connectivity index (χ3v) is 7.39. The zero-order valence-corrected chi connectivity index (χ0v) is 18.3. The van der Waals surface area contributed by atoms with Gasteiger partial charge in [0.15, 0.2) is 5.13 Å². The third kappa shape index (κ3) is 3.53. The summed E-state index contributed by atoms with van der Waals surface area (Å²) in [5.41, 5.74) is 3.22. The van der Waals surface area contributed by atoms with Gasteiger partial charge in [0.1, 0.15) is 0 Å². The van der Waals surface area contributed by atoms with Crippen molar-refractivity contribution in [1.29, 1.82) is 0 Å². The number of thiazole rings is 1. The van der Waals surface area contributed by atoms with E-state index >= 15 is 0 Å². The van der Waals surface area contributed by atoms with E-state index in [1.54, 1.807) is 11.3 Å². The lowest BCUT2D eigenvalue weighted by molar-refractivity contribution is -0.130. The molecular weight excluding hydrogens is 414 g/mol. The van der Waals surface area contributed by atoms with Crippen LogP contribution >= 0.6 is 22.9 Å². The zero-order chi connectivity index (χ0) is 20.7. The molecule has 0 unspecified atom stereocenters. The molecule has 1 aliphatic heterocycles. The van der Waals surface area contributed by atoms with Crippen LogP contribution in [0, 0.1) is 6.92 Å². The van der Waals surface area contributed by atoms with Crippen molar-refractivity contribution in [2.45, 2.75) is 13.3 Å². The lowest BCUT2D eigenvalue weighted by atomic mass is 10.0. The molecule has 3 aromatic carbocycles. The average molecular weight is 436 g/mol. The number of anilines is 1. The normalized spacial score (nSPS) is 14.6. The minimum atomic E-state index is 0.189. The molecule has 0 N–H and O–H groups in total. The molecule has 1 aromatic heterocycles. The minimum Gasteiger partial charge on any atom is -0.345 e. The van der Waals surface area contributed by atoms with E-state index < -0.39 is 0 Å². The molecule has 152 valence electrons. The molecule has 1 fully saturated rings. The topological polar surface area (TPSA) is 36.4 Å². The highest BCUT2D eigenvalue weighted by atomic mass is 35.5. The highest BCUT2D eigenvalue weighted by Crippen LogP contribution is 2.35. The van der Waals surface area contributed by atoms with Crippen LogP contribution in [0.3, 0.4) is 0 Å². The maximum atomic E-state index is 13.0. The van der Waals surface area contributed by atoms with E-state index in [-0.39, 0.29) is 5.91 Å². The number of rotatable bonds is 3. The molecule has 0 saturated carbocycles. The van der Waals surface area contributed by atoms with Crippen LogP contribution in [-0.4, -0.2) is 42.0 Å². The first kappa shape index (κ1) is 19.3. The summed E-state index contributed by atoms with van der Waals surface area (Å²) < 4.78 is 1.04. The van der Waals surface area contributed by atoms with Gasteiger partial charge >= 0.3 is 0 Å². The number of carbonyl (C=O) groups excluding carboxylic acids is 1. The van der Waals surface area contributed by atoms with E-state index in [2.05, 4.69) is 36.1 Å². The summed E-state index contributed by atoms with van der Waals surface area (Å²) in [6.07, 6.45) is 0.442. The van der Waals surface area contributed by atoms with Crippen molar-refractivity contribution in [2.24, 2.45) is 0 Å². The van der Waals surface area contributed by atoms with Gasteiger partial charge in [0.2, 0.25) is 5.91 Å². The number of carbonyl (C=O) groups is 1. The van der Waals surface area contributed by atoms with Crippen LogP contribution in [0.5, 0.6) is 0 Å². The van der Waals surface area contributed by atoms with Gasteiger partial charge in [-0.1, -0.05) is 71.5 Å². The number of benzene rings is 3. The predicted octanol–water partition coefficient (Wildman–Crippen LogP) is 5.30. The van der Waals surface area contributed by atoms with Gasteiger partial charge < -0.3 is 9.80 Å². The number of hydrogen-bond donors (Lipinski definition) is 0. The van der Waals surface area contributed by atoms with Crippen molar-refractivity contribution in [3.05, 3.63) is 70.7 Å². The van der Waals surface area contributed by atoms with Crippen LogP contribution in [-0.2, 0) is 11.2 Å². The van der Waals surface area contributed by atoms with Crippen LogP contribution in [0.2, 0.25) is 5.02 Å². The summed E-state index contributed by atoms with van der Waals surface area (Å²) in [6, 6.07) is 18.4. The second-order valence-corrected chi connectivity index (χ2v) is 9.11. The molecule has 0 aliphatic carbocycles. The Morgan fingerprint density at radius 2 is 1.80 bits per heavy atom. The Hall–Kier alpha value is -2.63. The maximum absolute atomic E-state index is 13.0. The van der Waals surface area contributed by atoms with Gasteiger partial charge in [-0.05, 0) is 34.9 Å². The van der Waals surface area contributed by atoms with E-state index in [1.165, 1.54) is 5.39 Å². The molecule has 0 spiro atoms. The molecular formula is C24H22ClN3OS. The number of piperazine rings is 1. The van der Waals surface area contributed by atoms with E-state index in [9.17, 15) is 4.79 Å². The summed E-state index contributed by atoms with van der Waals surface area (Å²) in [5.74, 6) is 0.189. The number of fused-ring (bicyclic) bond motifs is 2. The summed E-state index contributed by atoms with van der Waals surface area (Å²) in [4.78, 5) is 22.0. The highest BCUT2D eigenvalue weighted by molar-refractivity contribution is 7.22. The fourth-order valence-electron chi connectivity index (χ4n) is 4.09. The molecule has 4 aromatic rings. The fraction of sp³-hybridized carbons (Fsp3) is 0.250. The van der Waals surface area contributed by atoms with Gasteiger partial charge in [-0.2, -0.15) is 0 Å². The summed E-state index contributed by atoms with van der Waals surface area (Å²) in [7, 11) is 0. The Morgan fingerprint density at radius 3 is 2.60 bits per heavy atom. The molecule has 1 amide bonds. The maximum Gasteiger partial charge on any atom is 0.227 e. The van der Waals surface area contributed by atoms with Crippen molar-refractivity contribution in [1.82, 2.24) is 9.88 Å². The molecule has 1 aliphatic rings. The van der Waals surface area contributed by atoms with Crippen molar-refractivity contribution in [2.75, 3.05) is 31.1 Å². The van der Waals surface area contributed by atoms with Gasteiger partial charge in [0.25, 0.3) is 0 Å². The van der Waals surface area contributed by atoms with E-state index in [4.69, 9.17) is 16.6 Å². The molecule has 1 saturated heterocycles. The molecule has 2 heterocycles. The van der Waals surface area contributed by atoms with Crippen LogP contribution < -0.4 is 4.90 Å². The second kappa shape index (κ2) is 7.89. The van der Waals surface area contributed by atoms with Gasteiger partial charge in [-0.15, -0.1) is 0 Å². The van der Waals surface area contributed by atoms with E-state index in [0.717, 1.165) is 50.0 Å². The van der Waals surface area contributed by atoms with Crippen molar-refractivity contribution >= 4 is 55.0 Å². The van der Waals surface area contributed by atoms with Crippen molar-refractivity contribution in [3.63, 3.8) is 0 Å². The third-order valence-electron chi connectivity index (χ3n) is 5.81. The van der Waals surface area contributed by atoms with Crippen LogP contribution in [0.4, 0.5) is 5.13 Å². The molecule has 0 radical (unpaired) electrons. The van der Waals surface area contributed by atoms with E-state index in [0.29, 0.717) is 19.5 Å². The molecule has 5 rings (SSSR count).